The van der Waals surface area contributed by atoms with Crippen molar-refractivity contribution in [2.45, 2.75) is 32.1 Å². The zero-order valence-electron chi connectivity index (χ0n) is 9.65. The monoisotopic (exact) mass is 299 g/mol. The van der Waals surface area contributed by atoms with Gasteiger partial charge in [0, 0.05) is 13.2 Å². The molecule has 0 radical (unpaired) electrons. The molecule has 17 heavy (non-hydrogen) atoms. The highest BCUT2D eigenvalue weighted by molar-refractivity contribution is 9.10. The Morgan fingerprint density at radius 3 is 2.76 bits per heavy atom. The van der Waals surface area contributed by atoms with Crippen LogP contribution in [0.5, 0.6) is 0 Å². The van der Waals surface area contributed by atoms with Crippen molar-refractivity contribution in [3.8, 4) is 0 Å². The molecule has 0 spiro atoms. The van der Waals surface area contributed by atoms with Gasteiger partial charge in [0.1, 0.15) is 0 Å². The van der Waals surface area contributed by atoms with Gasteiger partial charge < -0.3 is 4.84 Å². The molecule has 92 valence electrons. The molecule has 0 amide bonds. The lowest BCUT2D eigenvalue weighted by atomic mass is 9.99. The summed E-state index contributed by atoms with van der Waals surface area (Å²) >= 11 is 3.25. The maximum absolute atomic E-state index is 11.7. The summed E-state index contributed by atoms with van der Waals surface area (Å²) in [4.78, 5) is 16.6. The molecule has 1 aromatic rings. The Hall–Kier alpha value is -1.17. The fourth-order valence-electron chi connectivity index (χ4n) is 1.80. The van der Waals surface area contributed by atoms with E-state index in [9.17, 15) is 4.79 Å². The Labute approximate surface area is 108 Å². The van der Waals surface area contributed by atoms with E-state index in [1.807, 2.05) is 0 Å². The van der Waals surface area contributed by atoms with E-state index in [-0.39, 0.29) is 5.69 Å². The second kappa shape index (κ2) is 5.44. The van der Waals surface area contributed by atoms with E-state index >= 15 is 0 Å². The number of oxime groups is 1. The second-order valence-corrected chi connectivity index (χ2v) is 4.95. The fourth-order valence-corrected chi connectivity index (χ4v) is 2.34. The Kier molecular flexibility index (Phi) is 3.93. The first-order valence-electron chi connectivity index (χ1n) is 5.63. The van der Waals surface area contributed by atoms with E-state index in [4.69, 9.17) is 4.84 Å². The largest absolute Gasteiger partial charge is 0.386 e. The van der Waals surface area contributed by atoms with Crippen molar-refractivity contribution in [1.82, 2.24) is 9.78 Å². The van der Waals surface area contributed by atoms with Gasteiger partial charge >= 0.3 is 5.97 Å². The van der Waals surface area contributed by atoms with Crippen LogP contribution in [0, 0.1) is 0 Å². The topological polar surface area (TPSA) is 56.5 Å². The van der Waals surface area contributed by atoms with Gasteiger partial charge in [-0.1, -0.05) is 11.6 Å². The summed E-state index contributed by atoms with van der Waals surface area (Å²) < 4.78 is 2.17. The van der Waals surface area contributed by atoms with Crippen molar-refractivity contribution in [3.63, 3.8) is 0 Å². The Balaban J connectivity index is 1.99. The normalized spacial score (nSPS) is 15.8. The summed E-state index contributed by atoms with van der Waals surface area (Å²) in [5.74, 6) is -0.518. The number of aryl methyl sites for hydroxylation is 1. The summed E-state index contributed by atoms with van der Waals surface area (Å²) in [5.41, 5.74) is 1.23. The van der Waals surface area contributed by atoms with Gasteiger partial charge in [-0.05, 0) is 41.6 Å². The highest BCUT2D eigenvalue weighted by atomic mass is 79.9. The van der Waals surface area contributed by atoms with Gasteiger partial charge in [-0.25, -0.2) is 4.79 Å². The first-order chi connectivity index (χ1) is 8.16. The molecule has 1 fully saturated rings. The Bertz CT molecular complexity index is 446. The molecule has 0 bridgehead atoms. The minimum atomic E-state index is -0.518. The van der Waals surface area contributed by atoms with Crippen LogP contribution in [0.2, 0.25) is 0 Å². The molecule has 0 N–H and O–H groups in total. The average Bonchev–Trinajstić information content (AvgIpc) is 2.67. The third kappa shape index (κ3) is 3.15. The van der Waals surface area contributed by atoms with E-state index < -0.39 is 5.97 Å². The molecule has 1 heterocycles. The standard InChI is InChI=1S/C11H14BrN3O2/c1-15-7-9(12)10(13-15)11(16)17-14-8-5-3-2-4-6-8/h7H,2-6H2,1H3. The van der Waals surface area contributed by atoms with Gasteiger partial charge in [0.15, 0.2) is 5.69 Å². The SMILES string of the molecule is Cn1cc(Br)c(C(=O)ON=C2CCCCC2)n1. The summed E-state index contributed by atoms with van der Waals surface area (Å²) in [6.45, 7) is 0. The summed E-state index contributed by atoms with van der Waals surface area (Å²) in [5, 5.41) is 7.91. The van der Waals surface area contributed by atoms with Gasteiger partial charge in [-0.3, -0.25) is 4.68 Å². The number of nitrogens with zero attached hydrogens (tertiary/aromatic N) is 3. The first kappa shape index (κ1) is 12.3. The van der Waals surface area contributed by atoms with Crippen molar-refractivity contribution in [1.29, 1.82) is 0 Å². The lowest BCUT2D eigenvalue weighted by molar-refractivity contribution is 0.0504. The number of aromatic nitrogens is 2. The molecule has 0 saturated heterocycles. The van der Waals surface area contributed by atoms with Gasteiger partial charge in [0.25, 0.3) is 0 Å². The number of carbonyl (C=O) groups is 1. The zero-order chi connectivity index (χ0) is 12.3. The van der Waals surface area contributed by atoms with Crippen molar-refractivity contribution in [2.75, 3.05) is 0 Å². The molecule has 0 unspecified atom stereocenters. The molecule has 1 aromatic heterocycles. The van der Waals surface area contributed by atoms with E-state index in [2.05, 4.69) is 26.2 Å². The third-order valence-electron chi connectivity index (χ3n) is 2.67. The fraction of sp³-hybridized carbons (Fsp3) is 0.545. The molecule has 0 atom stereocenters. The number of hydrogen-bond acceptors (Lipinski definition) is 4. The maximum Gasteiger partial charge on any atom is 0.386 e. The Morgan fingerprint density at radius 1 is 1.47 bits per heavy atom. The number of rotatable bonds is 2. The number of halogens is 1. The van der Waals surface area contributed by atoms with E-state index in [1.165, 1.54) is 6.42 Å². The second-order valence-electron chi connectivity index (χ2n) is 4.10. The van der Waals surface area contributed by atoms with Crippen LogP contribution < -0.4 is 0 Å². The van der Waals surface area contributed by atoms with Crippen molar-refractivity contribution in [3.05, 3.63) is 16.4 Å². The van der Waals surface area contributed by atoms with Crippen LogP contribution >= 0.6 is 15.9 Å². The van der Waals surface area contributed by atoms with Crippen LogP contribution in [0.25, 0.3) is 0 Å². The van der Waals surface area contributed by atoms with Crippen LogP contribution in [0.1, 0.15) is 42.6 Å². The minimum Gasteiger partial charge on any atom is -0.311 e. The predicted molar refractivity (Wildman–Crippen MR) is 66.8 cm³/mol. The molecule has 6 heteroatoms. The van der Waals surface area contributed by atoms with Gasteiger partial charge in [0.2, 0.25) is 0 Å². The number of hydrogen-bond donors (Lipinski definition) is 0. The molecule has 0 aromatic carbocycles. The highest BCUT2D eigenvalue weighted by Gasteiger charge is 2.17. The molecular weight excluding hydrogens is 286 g/mol. The summed E-state index contributed by atoms with van der Waals surface area (Å²) in [6.07, 6.45) is 7.05. The summed E-state index contributed by atoms with van der Waals surface area (Å²) in [7, 11) is 1.74. The predicted octanol–water partition coefficient (Wildman–Crippen LogP) is 2.66. The Morgan fingerprint density at radius 2 is 2.18 bits per heavy atom. The lowest BCUT2D eigenvalue weighted by Gasteiger charge is -2.10. The summed E-state index contributed by atoms with van der Waals surface area (Å²) in [6, 6.07) is 0. The molecular formula is C11H14BrN3O2. The maximum atomic E-state index is 11.7. The van der Waals surface area contributed by atoms with Crippen LogP contribution in [-0.2, 0) is 11.9 Å². The van der Waals surface area contributed by atoms with Crippen LogP contribution in [-0.4, -0.2) is 21.5 Å². The first-order valence-corrected chi connectivity index (χ1v) is 6.42. The van der Waals surface area contributed by atoms with Gasteiger partial charge in [-0.15, -0.1) is 0 Å². The lowest BCUT2D eigenvalue weighted by Crippen LogP contribution is -2.09. The average molecular weight is 300 g/mol. The van der Waals surface area contributed by atoms with Gasteiger partial charge in [-0.2, -0.15) is 5.10 Å². The molecule has 1 aliphatic rings. The highest BCUT2D eigenvalue weighted by Crippen LogP contribution is 2.17. The van der Waals surface area contributed by atoms with Crippen LogP contribution in [0.3, 0.4) is 0 Å². The van der Waals surface area contributed by atoms with Gasteiger partial charge in [0.05, 0.1) is 10.2 Å². The number of carbonyl (C=O) groups excluding carboxylic acids is 1. The van der Waals surface area contributed by atoms with Crippen molar-refractivity contribution >= 4 is 27.6 Å². The molecule has 1 aliphatic carbocycles. The zero-order valence-corrected chi connectivity index (χ0v) is 11.2. The van der Waals surface area contributed by atoms with Crippen molar-refractivity contribution in [2.24, 2.45) is 12.2 Å². The molecule has 5 nitrogen and oxygen atoms in total. The van der Waals surface area contributed by atoms with Crippen molar-refractivity contribution < 1.29 is 9.63 Å². The minimum absolute atomic E-state index is 0.257. The third-order valence-corrected chi connectivity index (χ3v) is 3.25. The van der Waals surface area contributed by atoms with Crippen LogP contribution in [0.4, 0.5) is 0 Å². The molecule has 0 aliphatic heterocycles. The quantitative estimate of drug-likeness (QED) is 0.623. The van der Waals surface area contributed by atoms with E-state index in [0.29, 0.717) is 4.47 Å². The van der Waals surface area contributed by atoms with E-state index in [0.717, 1.165) is 31.4 Å². The molecule has 2 rings (SSSR count). The smallest absolute Gasteiger partial charge is 0.311 e. The van der Waals surface area contributed by atoms with Crippen LogP contribution in [0.15, 0.2) is 15.8 Å². The van der Waals surface area contributed by atoms with E-state index in [1.54, 1.807) is 17.9 Å². The molecule has 1 saturated carbocycles.